The molecule has 0 spiro atoms. The predicted octanol–water partition coefficient (Wildman–Crippen LogP) is 3.10. The fraction of sp³-hybridized carbons (Fsp3) is 0.235. The van der Waals surface area contributed by atoms with E-state index in [4.69, 9.17) is 4.74 Å². The normalized spacial score (nSPS) is 11.5. The van der Waals surface area contributed by atoms with Gasteiger partial charge in [-0.25, -0.2) is 12.8 Å². The number of ether oxygens (including phenoxy) is 1. The van der Waals surface area contributed by atoms with Crippen molar-refractivity contribution in [1.82, 2.24) is 4.90 Å². The van der Waals surface area contributed by atoms with Gasteiger partial charge in [-0.3, -0.25) is 4.79 Å². The molecule has 0 aromatic heterocycles. The van der Waals surface area contributed by atoms with Gasteiger partial charge < -0.3 is 9.64 Å². The van der Waals surface area contributed by atoms with E-state index in [0.29, 0.717) is 5.56 Å². The molecule has 1 amide bonds. The smallest absolute Gasteiger partial charge is 0.341 e. The molecule has 5 nitrogen and oxygen atoms in total. The van der Waals surface area contributed by atoms with E-state index in [1.807, 2.05) is 0 Å². The summed E-state index contributed by atoms with van der Waals surface area (Å²) in [6, 6.07) is 8.49. The Balaban J connectivity index is 2.14. The fourth-order valence-corrected chi connectivity index (χ4v) is 2.99. The van der Waals surface area contributed by atoms with Crippen LogP contribution in [0.2, 0.25) is 0 Å². The lowest BCUT2D eigenvalue weighted by Crippen LogP contribution is -2.26. The highest BCUT2D eigenvalue weighted by Crippen LogP contribution is 2.21. The fourth-order valence-electron chi connectivity index (χ4n) is 2.26. The van der Waals surface area contributed by atoms with Gasteiger partial charge in [0.25, 0.3) is 5.91 Å². The first-order valence-corrected chi connectivity index (χ1v) is 8.91. The Kier molecular flexibility index (Phi) is 5.91. The van der Waals surface area contributed by atoms with Crippen molar-refractivity contribution >= 4 is 15.7 Å². The molecule has 0 heterocycles. The number of amides is 1. The van der Waals surface area contributed by atoms with Crippen LogP contribution < -0.4 is 4.74 Å². The van der Waals surface area contributed by atoms with Gasteiger partial charge in [-0.2, -0.15) is 8.78 Å². The summed E-state index contributed by atoms with van der Waals surface area (Å²) in [4.78, 5) is 13.1. The monoisotopic (exact) mass is 387 g/mol. The molecule has 0 bridgehead atoms. The number of hydrogen-bond donors (Lipinski definition) is 0. The summed E-state index contributed by atoms with van der Waals surface area (Å²) in [5, 5.41) is 0. The zero-order chi connectivity index (χ0) is 19.5. The Bertz CT molecular complexity index is 899. The highest BCUT2D eigenvalue weighted by molar-refractivity contribution is 7.91. The molecule has 2 rings (SSSR count). The zero-order valence-electron chi connectivity index (χ0n) is 13.9. The molecule has 26 heavy (non-hydrogen) atoms. The molecule has 9 heteroatoms. The number of benzene rings is 2. The van der Waals surface area contributed by atoms with Gasteiger partial charge in [0.2, 0.25) is 9.84 Å². The van der Waals surface area contributed by atoms with Gasteiger partial charge in [-0.15, -0.1) is 0 Å². The Morgan fingerprint density at radius 3 is 2.27 bits per heavy atom. The predicted molar refractivity (Wildman–Crippen MR) is 88.4 cm³/mol. The first-order chi connectivity index (χ1) is 12.2. The summed E-state index contributed by atoms with van der Waals surface area (Å²) in [5.74, 6) is -4.48. The molecular weight excluding hydrogens is 371 g/mol. The zero-order valence-corrected chi connectivity index (χ0v) is 14.8. The number of rotatable bonds is 6. The third-order valence-corrected chi connectivity index (χ3v) is 5.05. The van der Waals surface area contributed by atoms with Crippen LogP contribution in [0.3, 0.4) is 0 Å². The van der Waals surface area contributed by atoms with E-state index in [0.717, 1.165) is 24.3 Å². The summed E-state index contributed by atoms with van der Waals surface area (Å²) >= 11 is 0. The molecule has 0 saturated heterocycles. The van der Waals surface area contributed by atoms with Crippen LogP contribution in [0, 0.1) is 5.82 Å². The quantitative estimate of drug-likeness (QED) is 0.764. The molecule has 0 N–H and O–H groups in total. The van der Waals surface area contributed by atoms with Gasteiger partial charge in [-0.05, 0) is 42.0 Å². The second kappa shape index (κ2) is 7.77. The maximum atomic E-state index is 13.7. The second-order valence-electron chi connectivity index (χ2n) is 5.46. The number of alkyl halides is 2. The lowest BCUT2D eigenvalue weighted by Gasteiger charge is -2.18. The van der Waals surface area contributed by atoms with E-state index in [-0.39, 0.29) is 17.9 Å². The standard InChI is InChI=1S/C17H16F3NO4S/c1-21(10-11-3-8-15(25-2)14(18)9-11)16(22)12-4-6-13(7-5-12)26(23,24)17(19)20/h3-9,17H,10H2,1-2H3. The van der Waals surface area contributed by atoms with Crippen LogP contribution in [0.5, 0.6) is 5.75 Å². The van der Waals surface area contributed by atoms with Crippen molar-refractivity contribution < 1.29 is 31.1 Å². The van der Waals surface area contributed by atoms with Crippen molar-refractivity contribution in [3.8, 4) is 5.75 Å². The van der Waals surface area contributed by atoms with E-state index in [9.17, 15) is 26.4 Å². The lowest BCUT2D eigenvalue weighted by molar-refractivity contribution is 0.0785. The second-order valence-corrected chi connectivity index (χ2v) is 7.38. The summed E-state index contributed by atoms with van der Waals surface area (Å²) in [6.07, 6.45) is 0. The summed E-state index contributed by atoms with van der Waals surface area (Å²) in [5.41, 5.74) is 0.644. The SMILES string of the molecule is COc1ccc(CN(C)C(=O)c2ccc(S(=O)(=O)C(F)F)cc2)cc1F. The molecular formula is C17H16F3NO4S. The van der Waals surface area contributed by atoms with Gasteiger partial charge in [0.05, 0.1) is 12.0 Å². The molecule has 0 aliphatic heterocycles. The topological polar surface area (TPSA) is 63.7 Å². The van der Waals surface area contributed by atoms with E-state index >= 15 is 0 Å². The van der Waals surface area contributed by atoms with Crippen LogP contribution in [0.15, 0.2) is 47.4 Å². The minimum Gasteiger partial charge on any atom is -0.494 e. The number of sulfone groups is 1. The number of nitrogens with zero attached hydrogens (tertiary/aromatic N) is 1. The number of carbonyl (C=O) groups excluding carboxylic acids is 1. The average molecular weight is 387 g/mol. The average Bonchev–Trinajstić information content (AvgIpc) is 2.61. The molecule has 0 fully saturated rings. The Labute approximate surface area is 148 Å². The molecule has 0 radical (unpaired) electrons. The molecule has 0 saturated carbocycles. The van der Waals surface area contributed by atoms with Gasteiger partial charge >= 0.3 is 5.76 Å². The Morgan fingerprint density at radius 1 is 1.15 bits per heavy atom. The number of carbonyl (C=O) groups is 1. The van der Waals surface area contributed by atoms with Crippen LogP contribution in [-0.4, -0.2) is 39.1 Å². The maximum Gasteiger partial charge on any atom is 0.341 e. The summed E-state index contributed by atoms with van der Waals surface area (Å²) in [6.45, 7) is 0.0941. The number of halogens is 3. The van der Waals surface area contributed by atoms with Crippen LogP contribution in [0.4, 0.5) is 13.2 Å². The van der Waals surface area contributed by atoms with E-state index < -0.39 is 32.2 Å². The lowest BCUT2D eigenvalue weighted by atomic mass is 10.1. The molecule has 0 aliphatic rings. The van der Waals surface area contributed by atoms with Crippen molar-refractivity contribution in [2.45, 2.75) is 17.2 Å². The molecule has 2 aromatic rings. The van der Waals surface area contributed by atoms with Crippen molar-refractivity contribution in [2.24, 2.45) is 0 Å². The Morgan fingerprint density at radius 2 is 1.77 bits per heavy atom. The van der Waals surface area contributed by atoms with Crippen molar-refractivity contribution in [3.63, 3.8) is 0 Å². The minimum absolute atomic E-state index is 0.0820. The number of methoxy groups -OCH3 is 1. The summed E-state index contributed by atoms with van der Waals surface area (Å²) < 4.78 is 66.3. The third-order valence-electron chi connectivity index (χ3n) is 3.65. The van der Waals surface area contributed by atoms with E-state index in [1.165, 1.54) is 31.2 Å². The molecule has 0 unspecified atom stereocenters. The van der Waals surface area contributed by atoms with Crippen LogP contribution in [0.25, 0.3) is 0 Å². The van der Waals surface area contributed by atoms with Gasteiger partial charge in [0.15, 0.2) is 11.6 Å². The Hall–Kier alpha value is -2.55. The highest BCUT2D eigenvalue weighted by atomic mass is 32.2. The van der Waals surface area contributed by atoms with Crippen molar-refractivity contribution in [1.29, 1.82) is 0 Å². The maximum absolute atomic E-state index is 13.7. The number of hydrogen-bond acceptors (Lipinski definition) is 4. The molecule has 140 valence electrons. The van der Waals surface area contributed by atoms with Gasteiger partial charge in [0.1, 0.15) is 0 Å². The highest BCUT2D eigenvalue weighted by Gasteiger charge is 2.26. The molecule has 2 aromatic carbocycles. The van der Waals surface area contributed by atoms with Gasteiger partial charge in [-0.1, -0.05) is 6.07 Å². The van der Waals surface area contributed by atoms with Crippen molar-refractivity contribution in [3.05, 3.63) is 59.4 Å². The van der Waals surface area contributed by atoms with Gasteiger partial charge in [0, 0.05) is 19.2 Å². The van der Waals surface area contributed by atoms with E-state index in [1.54, 1.807) is 6.07 Å². The van der Waals surface area contributed by atoms with Crippen LogP contribution >= 0.6 is 0 Å². The third kappa shape index (κ3) is 4.16. The first-order valence-electron chi connectivity index (χ1n) is 7.37. The molecule has 0 atom stereocenters. The minimum atomic E-state index is -4.71. The first kappa shape index (κ1) is 19.8. The van der Waals surface area contributed by atoms with Crippen molar-refractivity contribution in [2.75, 3.05) is 14.2 Å². The van der Waals surface area contributed by atoms with Crippen LogP contribution in [-0.2, 0) is 16.4 Å². The molecule has 0 aliphatic carbocycles. The summed E-state index contributed by atoms with van der Waals surface area (Å²) in [7, 11) is -1.89. The van der Waals surface area contributed by atoms with E-state index in [2.05, 4.69) is 0 Å². The largest absolute Gasteiger partial charge is 0.494 e. The van der Waals surface area contributed by atoms with Crippen LogP contribution in [0.1, 0.15) is 15.9 Å².